The molecule has 0 heterocycles. The number of methoxy groups -OCH3 is 2. The summed E-state index contributed by atoms with van der Waals surface area (Å²) in [6, 6.07) is 0.840. The van der Waals surface area contributed by atoms with Crippen molar-refractivity contribution >= 4 is 17.7 Å². The second-order valence-electron chi connectivity index (χ2n) is 6.04. The number of halogens is 2. The molecule has 0 bridgehead atoms. The topological polar surface area (TPSA) is 106 Å². The highest BCUT2D eigenvalue weighted by Gasteiger charge is 2.24. The predicted octanol–water partition coefficient (Wildman–Crippen LogP) is -0.0942. The summed E-state index contributed by atoms with van der Waals surface area (Å²) in [5.74, 6) is -3.25. The number of carbonyl (C=O) groups excluding carboxylic acids is 3. The largest absolute Gasteiger partial charge is 0.383 e. The summed E-state index contributed by atoms with van der Waals surface area (Å²) in [5.41, 5.74) is 0.136. The summed E-state index contributed by atoms with van der Waals surface area (Å²) in [5, 5.41) is 7.48. The van der Waals surface area contributed by atoms with Crippen molar-refractivity contribution < 1.29 is 32.6 Å². The van der Waals surface area contributed by atoms with E-state index in [-0.39, 0.29) is 25.1 Å². The Morgan fingerprint density at radius 2 is 1.64 bits per heavy atom. The minimum absolute atomic E-state index is 0.0617. The summed E-state index contributed by atoms with van der Waals surface area (Å²) >= 11 is 0. The number of amides is 3. The lowest BCUT2D eigenvalue weighted by atomic mass is 10.1. The Balaban J connectivity index is 2.58. The van der Waals surface area contributed by atoms with E-state index in [4.69, 9.17) is 9.47 Å². The molecule has 2 atom stereocenters. The maximum Gasteiger partial charge on any atom is 0.245 e. The van der Waals surface area contributed by atoms with Gasteiger partial charge in [0.2, 0.25) is 17.7 Å². The van der Waals surface area contributed by atoms with E-state index < -0.39 is 41.4 Å². The molecule has 0 spiro atoms. The van der Waals surface area contributed by atoms with Gasteiger partial charge in [-0.25, -0.2) is 8.78 Å². The second-order valence-corrected chi connectivity index (χ2v) is 6.04. The molecule has 0 aromatic heterocycles. The minimum atomic E-state index is -0.975. The summed E-state index contributed by atoms with van der Waals surface area (Å²) < 4.78 is 36.1. The number of nitrogens with one attached hydrogen (secondary N) is 3. The van der Waals surface area contributed by atoms with E-state index in [9.17, 15) is 23.2 Å². The van der Waals surface area contributed by atoms with Gasteiger partial charge in [-0.1, -0.05) is 0 Å². The fraction of sp³-hybridized carbons (Fsp3) is 0.500. The first-order valence-corrected chi connectivity index (χ1v) is 8.57. The molecular weight excluding hydrogens is 376 g/mol. The van der Waals surface area contributed by atoms with E-state index in [0.717, 1.165) is 12.1 Å². The SMILES string of the molecule is COCCNC(=O)[C@H](COC)NC(=O)[C@H](C)NC(=O)Cc1cc(F)cc(F)c1. The monoisotopic (exact) mass is 401 g/mol. The molecule has 1 aromatic rings. The molecule has 0 aliphatic heterocycles. The normalized spacial score (nSPS) is 12.8. The molecule has 156 valence electrons. The minimum Gasteiger partial charge on any atom is -0.383 e. The van der Waals surface area contributed by atoms with Crippen LogP contribution in [0.15, 0.2) is 18.2 Å². The molecule has 0 saturated carbocycles. The van der Waals surface area contributed by atoms with Crippen LogP contribution in [0.3, 0.4) is 0 Å². The van der Waals surface area contributed by atoms with Crippen molar-refractivity contribution in [1.29, 1.82) is 0 Å². The lowest BCUT2D eigenvalue weighted by Gasteiger charge is -2.20. The summed E-state index contributed by atoms with van der Waals surface area (Å²) in [4.78, 5) is 36.3. The number of hydrogen-bond acceptors (Lipinski definition) is 5. The maximum absolute atomic E-state index is 13.2. The molecule has 8 nitrogen and oxygen atoms in total. The van der Waals surface area contributed by atoms with Gasteiger partial charge in [0, 0.05) is 26.8 Å². The average molecular weight is 401 g/mol. The highest BCUT2D eigenvalue weighted by Crippen LogP contribution is 2.08. The van der Waals surface area contributed by atoms with Crippen molar-refractivity contribution in [2.45, 2.75) is 25.4 Å². The third kappa shape index (κ3) is 8.40. The number of benzene rings is 1. The number of rotatable bonds is 11. The Labute approximate surface area is 162 Å². The van der Waals surface area contributed by atoms with Gasteiger partial charge in [0.25, 0.3) is 0 Å². The van der Waals surface area contributed by atoms with Gasteiger partial charge in [-0.2, -0.15) is 0 Å². The predicted molar refractivity (Wildman–Crippen MR) is 96.4 cm³/mol. The number of hydrogen-bond donors (Lipinski definition) is 3. The average Bonchev–Trinajstić information content (AvgIpc) is 2.60. The van der Waals surface area contributed by atoms with Crippen molar-refractivity contribution in [3.05, 3.63) is 35.4 Å². The molecule has 0 unspecified atom stereocenters. The maximum atomic E-state index is 13.2. The van der Waals surface area contributed by atoms with E-state index in [1.807, 2.05) is 0 Å². The van der Waals surface area contributed by atoms with Crippen LogP contribution in [0.1, 0.15) is 12.5 Å². The Kier molecular flexibility index (Phi) is 10.0. The van der Waals surface area contributed by atoms with Crippen LogP contribution in [0.5, 0.6) is 0 Å². The lowest BCUT2D eigenvalue weighted by Crippen LogP contribution is -2.54. The van der Waals surface area contributed by atoms with Crippen molar-refractivity contribution in [2.24, 2.45) is 0 Å². The zero-order chi connectivity index (χ0) is 21.1. The van der Waals surface area contributed by atoms with Crippen LogP contribution in [0.2, 0.25) is 0 Å². The summed E-state index contributed by atoms with van der Waals surface area (Å²) in [6.45, 7) is 1.94. The number of carbonyl (C=O) groups is 3. The fourth-order valence-electron chi connectivity index (χ4n) is 2.30. The van der Waals surface area contributed by atoms with Crippen LogP contribution in [0.4, 0.5) is 8.78 Å². The van der Waals surface area contributed by atoms with Crippen LogP contribution >= 0.6 is 0 Å². The van der Waals surface area contributed by atoms with Crippen molar-refractivity contribution in [3.63, 3.8) is 0 Å². The van der Waals surface area contributed by atoms with Crippen LogP contribution in [0, 0.1) is 11.6 Å². The molecule has 28 heavy (non-hydrogen) atoms. The molecule has 1 rings (SSSR count). The quantitative estimate of drug-likeness (QED) is 0.450. The molecule has 0 aliphatic rings. The smallest absolute Gasteiger partial charge is 0.245 e. The third-order valence-electron chi connectivity index (χ3n) is 3.63. The van der Waals surface area contributed by atoms with Crippen LogP contribution in [-0.2, 0) is 30.3 Å². The zero-order valence-corrected chi connectivity index (χ0v) is 16.0. The first-order valence-electron chi connectivity index (χ1n) is 8.57. The molecule has 3 amide bonds. The van der Waals surface area contributed by atoms with E-state index in [0.29, 0.717) is 12.7 Å². The fourth-order valence-corrected chi connectivity index (χ4v) is 2.30. The van der Waals surface area contributed by atoms with Crippen molar-refractivity contribution in [2.75, 3.05) is 34.0 Å². The van der Waals surface area contributed by atoms with Gasteiger partial charge < -0.3 is 25.4 Å². The number of ether oxygens (including phenoxy) is 2. The Hall–Kier alpha value is -2.59. The van der Waals surface area contributed by atoms with E-state index >= 15 is 0 Å². The van der Waals surface area contributed by atoms with Gasteiger partial charge in [0.05, 0.1) is 19.6 Å². The standard InChI is InChI=1S/C18H25F2N3O5/c1-11(22-16(24)8-12-6-13(19)9-14(20)7-12)17(25)23-15(10-28-3)18(26)21-4-5-27-2/h6-7,9,11,15H,4-5,8,10H2,1-3H3,(H,21,26)(H,22,24)(H,23,25)/t11-,15-/m0/s1. The second kappa shape index (κ2) is 12.0. The Morgan fingerprint density at radius 1 is 1.00 bits per heavy atom. The van der Waals surface area contributed by atoms with Crippen molar-refractivity contribution in [3.8, 4) is 0 Å². The molecule has 0 saturated heterocycles. The van der Waals surface area contributed by atoms with Gasteiger partial charge >= 0.3 is 0 Å². The van der Waals surface area contributed by atoms with Gasteiger partial charge in [-0.15, -0.1) is 0 Å². The van der Waals surface area contributed by atoms with Gasteiger partial charge in [-0.05, 0) is 24.6 Å². The van der Waals surface area contributed by atoms with Gasteiger partial charge in [0.15, 0.2) is 0 Å². The van der Waals surface area contributed by atoms with Crippen molar-refractivity contribution in [1.82, 2.24) is 16.0 Å². The Bertz CT molecular complexity index is 667. The molecule has 0 radical (unpaired) electrons. The van der Waals surface area contributed by atoms with E-state index in [2.05, 4.69) is 16.0 Å². The van der Waals surface area contributed by atoms with E-state index in [1.165, 1.54) is 21.1 Å². The molecule has 10 heteroatoms. The lowest BCUT2D eigenvalue weighted by molar-refractivity contribution is -0.132. The summed E-state index contributed by atoms with van der Waals surface area (Å²) in [7, 11) is 2.87. The van der Waals surface area contributed by atoms with Crippen LogP contribution in [-0.4, -0.2) is 63.8 Å². The first kappa shape index (κ1) is 23.4. The first-order chi connectivity index (χ1) is 13.3. The van der Waals surface area contributed by atoms with Crippen LogP contribution < -0.4 is 16.0 Å². The van der Waals surface area contributed by atoms with E-state index in [1.54, 1.807) is 0 Å². The highest BCUT2D eigenvalue weighted by molar-refractivity contribution is 5.92. The van der Waals surface area contributed by atoms with Crippen LogP contribution in [0.25, 0.3) is 0 Å². The molecule has 0 fully saturated rings. The molecule has 1 aromatic carbocycles. The molecular formula is C18H25F2N3O5. The Morgan fingerprint density at radius 3 is 2.21 bits per heavy atom. The zero-order valence-electron chi connectivity index (χ0n) is 16.0. The highest BCUT2D eigenvalue weighted by atomic mass is 19.1. The third-order valence-corrected chi connectivity index (χ3v) is 3.63. The molecule has 3 N–H and O–H groups in total. The van der Waals surface area contributed by atoms with Gasteiger partial charge in [-0.3, -0.25) is 14.4 Å². The summed E-state index contributed by atoms with van der Waals surface area (Å²) in [6.07, 6.45) is -0.300. The van der Waals surface area contributed by atoms with Gasteiger partial charge in [0.1, 0.15) is 23.7 Å². The molecule has 0 aliphatic carbocycles.